The highest BCUT2D eigenvalue weighted by Gasteiger charge is 2.22. The van der Waals surface area contributed by atoms with Gasteiger partial charge in [0.15, 0.2) is 0 Å². The number of rotatable bonds is 6. The van der Waals surface area contributed by atoms with E-state index in [1.807, 2.05) is 6.07 Å². The molecular weight excluding hydrogens is 276 g/mol. The minimum Gasteiger partial charge on any atom is -0.375 e. The van der Waals surface area contributed by atoms with Crippen LogP contribution in [0.5, 0.6) is 0 Å². The summed E-state index contributed by atoms with van der Waals surface area (Å²) in [5, 5.41) is 2.91. The van der Waals surface area contributed by atoms with Crippen LogP contribution in [0.15, 0.2) is 24.3 Å². The van der Waals surface area contributed by atoms with Crippen molar-refractivity contribution in [1.82, 2.24) is 10.2 Å². The highest BCUT2D eigenvalue weighted by Crippen LogP contribution is 2.23. The largest absolute Gasteiger partial charge is 0.375 e. The van der Waals surface area contributed by atoms with Gasteiger partial charge in [0.2, 0.25) is 5.91 Å². The molecular formula is C18H28N2O2. The van der Waals surface area contributed by atoms with Crippen LogP contribution in [0.3, 0.4) is 0 Å². The molecule has 1 aliphatic heterocycles. The van der Waals surface area contributed by atoms with Crippen molar-refractivity contribution in [2.45, 2.75) is 33.4 Å². The quantitative estimate of drug-likeness (QED) is 0.877. The molecule has 0 spiro atoms. The summed E-state index contributed by atoms with van der Waals surface area (Å²) in [4.78, 5) is 14.1. The van der Waals surface area contributed by atoms with Gasteiger partial charge < -0.3 is 10.1 Å². The second-order valence-corrected chi connectivity index (χ2v) is 6.62. The number of piperidine rings is 1. The van der Waals surface area contributed by atoms with Crippen LogP contribution in [0.1, 0.15) is 31.4 Å². The van der Waals surface area contributed by atoms with E-state index in [0.29, 0.717) is 6.54 Å². The fourth-order valence-corrected chi connectivity index (χ4v) is 3.42. The first-order valence-electron chi connectivity index (χ1n) is 8.13. The minimum absolute atomic E-state index is 0.0717. The molecule has 4 heteroatoms. The van der Waals surface area contributed by atoms with Crippen molar-refractivity contribution in [3.63, 3.8) is 0 Å². The van der Waals surface area contributed by atoms with Crippen LogP contribution >= 0.6 is 0 Å². The van der Waals surface area contributed by atoms with E-state index in [9.17, 15) is 4.79 Å². The number of nitrogens with zero attached hydrogens (tertiary/aromatic N) is 1. The Morgan fingerprint density at radius 3 is 2.50 bits per heavy atom. The summed E-state index contributed by atoms with van der Waals surface area (Å²) in [6.07, 6.45) is 1.32. The third kappa shape index (κ3) is 5.11. The van der Waals surface area contributed by atoms with Crippen LogP contribution in [-0.2, 0) is 22.6 Å². The van der Waals surface area contributed by atoms with Crippen LogP contribution in [-0.4, -0.2) is 37.6 Å². The predicted molar refractivity (Wildman–Crippen MR) is 88.4 cm³/mol. The Balaban J connectivity index is 1.97. The summed E-state index contributed by atoms with van der Waals surface area (Å²) in [5.41, 5.74) is 2.50. The molecule has 0 saturated carbocycles. The number of methoxy groups -OCH3 is 1. The van der Waals surface area contributed by atoms with E-state index in [1.165, 1.54) is 24.7 Å². The molecule has 2 rings (SSSR count). The Morgan fingerprint density at radius 2 is 1.86 bits per heavy atom. The van der Waals surface area contributed by atoms with Gasteiger partial charge in [-0.3, -0.25) is 9.69 Å². The first-order valence-corrected chi connectivity index (χ1v) is 8.13. The Morgan fingerprint density at radius 1 is 1.23 bits per heavy atom. The van der Waals surface area contributed by atoms with Gasteiger partial charge in [-0.25, -0.2) is 0 Å². The van der Waals surface area contributed by atoms with E-state index in [1.54, 1.807) is 0 Å². The lowest BCUT2D eigenvalue weighted by molar-refractivity contribution is -0.124. The van der Waals surface area contributed by atoms with Crippen molar-refractivity contribution in [3.05, 3.63) is 35.4 Å². The average Bonchev–Trinajstić information content (AvgIpc) is 2.45. The third-order valence-electron chi connectivity index (χ3n) is 4.21. The predicted octanol–water partition coefficient (Wildman–Crippen LogP) is 2.43. The van der Waals surface area contributed by atoms with E-state index < -0.39 is 0 Å². The first-order chi connectivity index (χ1) is 10.6. The van der Waals surface area contributed by atoms with Crippen molar-refractivity contribution >= 4 is 5.91 Å². The summed E-state index contributed by atoms with van der Waals surface area (Å²) in [6.45, 7) is 8.63. The van der Waals surface area contributed by atoms with E-state index in [0.717, 1.165) is 31.5 Å². The number of hydrogen-bond acceptors (Lipinski definition) is 3. The Bertz CT molecular complexity index is 480. The van der Waals surface area contributed by atoms with E-state index in [2.05, 4.69) is 42.3 Å². The molecule has 0 bridgehead atoms. The Hall–Kier alpha value is -1.39. The summed E-state index contributed by atoms with van der Waals surface area (Å²) in [5.74, 6) is 1.45. The SMILES string of the molecule is COCC(=O)NCc1ccccc1CN1C[C@H](C)C[C@H](C)C1. The number of likely N-dealkylation sites (tertiary alicyclic amines) is 1. The van der Waals surface area contributed by atoms with E-state index in [-0.39, 0.29) is 12.5 Å². The van der Waals surface area contributed by atoms with Gasteiger partial charge in [-0.2, -0.15) is 0 Å². The molecule has 0 aliphatic carbocycles. The molecule has 2 atom stereocenters. The topological polar surface area (TPSA) is 41.6 Å². The number of benzene rings is 1. The summed E-state index contributed by atoms with van der Waals surface area (Å²) in [6, 6.07) is 8.37. The standard InChI is InChI=1S/C18H28N2O2/c1-14-8-15(2)11-20(10-14)12-17-7-5-4-6-16(17)9-19-18(21)13-22-3/h4-7,14-15H,8-13H2,1-3H3,(H,19,21)/t14-,15+. The van der Waals surface area contributed by atoms with Crippen LogP contribution in [0, 0.1) is 11.8 Å². The van der Waals surface area contributed by atoms with Crippen molar-refractivity contribution in [2.24, 2.45) is 11.8 Å². The molecule has 1 heterocycles. The van der Waals surface area contributed by atoms with E-state index in [4.69, 9.17) is 4.74 Å². The molecule has 1 amide bonds. The molecule has 1 fully saturated rings. The molecule has 0 unspecified atom stereocenters. The molecule has 0 aromatic heterocycles. The fourth-order valence-electron chi connectivity index (χ4n) is 3.42. The van der Waals surface area contributed by atoms with Gasteiger partial charge in [0.25, 0.3) is 0 Å². The van der Waals surface area contributed by atoms with Crippen molar-refractivity contribution in [3.8, 4) is 0 Å². The number of hydrogen-bond donors (Lipinski definition) is 1. The number of amides is 1. The molecule has 0 radical (unpaired) electrons. The number of carbonyl (C=O) groups excluding carboxylic acids is 1. The zero-order valence-corrected chi connectivity index (χ0v) is 14.0. The first kappa shape index (κ1) is 17.0. The highest BCUT2D eigenvalue weighted by molar-refractivity contribution is 5.77. The van der Waals surface area contributed by atoms with Crippen LogP contribution < -0.4 is 5.32 Å². The van der Waals surface area contributed by atoms with Gasteiger partial charge in [0.05, 0.1) is 0 Å². The van der Waals surface area contributed by atoms with Gasteiger partial charge >= 0.3 is 0 Å². The smallest absolute Gasteiger partial charge is 0.246 e. The van der Waals surface area contributed by atoms with Crippen LogP contribution in [0.2, 0.25) is 0 Å². The molecule has 1 aliphatic rings. The maximum Gasteiger partial charge on any atom is 0.246 e. The van der Waals surface area contributed by atoms with Crippen molar-refractivity contribution < 1.29 is 9.53 Å². The normalized spacial score (nSPS) is 22.5. The second kappa shape index (κ2) is 8.30. The van der Waals surface area contributed by atoms with Gasteiger partial charge in [0, 0.05) is 33.3 Å². The third-order valence-corrected chi connectivity index (χ3v) is 4.21. The van der Waals surface area contributed by atoms with Crippen molar-refractivity contribution in [2.75, 3.05) is 26.8 Å². The van der Waals surface area contributed by atoms with Gasteiger partial charge in [-0.15, -0.1) is 0 Å². The number of carbonyl (C=O) groups is 1. The molecule has 1 N–H and O–H groups in total. The zero-order chi connectivity index (χ0) is 15.9. The van der Waals surface area contributed by atoms with E-state index >= 15 is 0 Å². The summed E-state index contributed by atoms with van der Waals surface area (Å²) >= 11 is 0. The van der Waals surface area contributed by atoms with Gasteiger partial charge in [-0.1, -0.05) is 38.1 Å². The van der Waals surface area contributed by atoms with Crippen LogP contribution in [0.4, 0.5) is 0 Å². The summed E-state index contributed by atoms with van der Waals surface area (Å²) in [7, 11) is 1.53. The van der Waals surface area contributed by atoms with Crippen molar-refractivity contribution in [1.29, 1.82) is 0 Å². The second-order valence-electron chi connectivity index (χ2n) is 6.62. The highest BCUT2D eigenvalue weighted by atomic mass is 16.5. The molecule has 1 aromatic carbocycles. The lowest BCUT2D eigenvalue weighted by atomic mass is 9.91. The number of ether oxygens (including phenoxy) is 1. The maximum absolute atomic E-state index is 11.6. The minimum atomic E-state index is -0.0717. The fraction of sp³-hybridized carbons (Fsp3) is 0.611. The van der Waals surface area contributed by atoms with Gasteiger partial charge in [-0.05, 0) is 29.4 Å². The van der Waals surface area contributed by atoms with Crippen LogP contribution in [0.25, 0.3) is 0 Å². The summed E-state index contributed by atoms with van der Waals surface area (Å²) < 4.78 is 4.85. The zero-order valence-electron chi connectivity index (χ0n) is 14.0. The molecule has 4 nitrogen and oxygen atoms in total. The number of nitrogens with one attached hydrogen (secondary N) is 1. The molecule has 1 aromatic rings. The molecule has 1 saturated heterocycles. The average molecular weight is 304 g/mol. The lowest BCUT2D eigenvalue weighted by Crippen LogP contribution is -2.38. The molecule has 22 heavy (non-hydrogen) atoms. The molecule has 122 valence electrons. The monoisotopic (exact) mass is 304 g/mol. The van der Waals surface area contributed by atoms with Gasteiger partial charge in [0.1, 0.15) is 6.61 Å². The maximum atomic E-state index is 11.6. The lowest BCUT2D eigenvalue weighted by Gasteiger charge is -2.35. The Labute approximate surface area is 133 Å². The Kier molecular flexibility index (Phi) is 6.40.